The van der Waals surface area contributed by atoms with Crippen LogP contribution in [0.1, 0.15) is 18.1 Å². The smallest absolute Gasteiger partial charge is 0.478 e. The zero-order valence-corrected chi connectivity index (χ0v) is 11.8. The number of rotatable bonds is 5. The van der Waals surface area contributed by atoms with Gasteiger partial charge >= 0.3 is 18.5 Å². The normalized spacial score (nSPS) is 12.0. The van der Waals surface area contributed by atoms with Gasteiger partial charge in [0.05, 0.1) is 20.1 Å². The zero-order valence-electron chi connectivity index (χ0n) is 11.8. The van der Waals surface area contributed by atoms with E-state index in [-0.39, 0.29) is 6.61 Å². The van der Waals surface area contributed by atoms with Gasteiger partial charge in [0.2, 0.25) is 5.75 Å². The molecule has 0 N–H and O–H groups in total. The summed E-state index contributed by atoms with van der Waals surface area (Å²) in [5.74, 6) is -3.72. The number of carbonyl (C=O) groups excluding carboxylic acids is 1. The third-order valence-electron chi connectivity index (χ3n) is 2.41. The molecule has 130 valence electrons. The second kappa shape index (κ2) is 6.92. The SMILES string of the molecule is CCOC(=O)Cc1cnc(OC)c(OC(F)(F)F)c1C(F)(F)F. The number of methoxy groups -OCH3 is 1. The lowest BCUT2D eigenvalue weighted by molar-refractivity contribution is -0.276. The molecule has 5 nitrogen and oxygen atoms in total. The maximum atomic E-state index is 13.2. The lowest BCUT2D eigenvalue weighted by Crippen LogP contribution is -2.23. The molecule has 0 radical (unpaired) electrons. The third kappa shape index (κ3) is 5.18. The number of carbonyl (C=O) groups is 1. The van der Waals surface area contributed by atoms with Crippen molar-refractivity contribution in [2.75, 3.05) is 13.7 Å². The number of hydrogen-bond donors (Lipinski definition) is 0. The van der Waals surface area contributed by atoms with Gasteiger partial charge < -0.3 is 14.2 Å². The molecule has 11 heteroatoms. The zero-order chi connectivity index (χ0) is 17.8. The fraction of sp³-hybridized carbons (Fsp3) is 0.500. The van der Waals surface area contributed by atoms with E-state index in [0.29, 0.717) is 6.20 Å². The summed E-state index contributed by atoms with van der Waals surface area (Å²) in [7, 11) is 0.830. The molecule has 1 aromatic rings. The molecule has 0 aliphatic rings. The Hall–Kier alpha value is -2.20. The number of halogens is 6. The predicted octanol–water partition coefficient (Wildman–Crippen LogP) is 3.11. The Morgan fingerprint density at radius 2 is 1.83 bits per heavy atom. The van der Waals surface area contributed by atoms with Crippen LogP contribution in [0.2, 0.25) is 0 Å². The Balaban J connectivity index is 3.47. The monoisotopic (exact) mass is 347 g/mol. The number of nitrogens with zero attached hydrogens (tertiary/aromatic N) is 1. The fourth-order valence-electron chi connectivity index (χ4n) is 1.68. The van der Waals surface area contributed by atoms with Gasteiger partial charge in [0.25, 0.3) is 5.88 Å². The molecule has 0 unspecified atom stereocenters. The number of pyridine rings is 1. The number of hydrogen-bond acceptors (Lipinski definition) is 5. The summed E-state index contributed by atoms with van der Waals surface area (Å²) in [6, 6.07) is 0. The van der Waals surface area contributed by atoms with Gasteiger partial charge in [-0.15, -0.1) is 13.2 Å². The van der Waals surface area contributed by atoms with Gasteiger partial charge in [0.1, 0.15) is 5.56 Å². The van der Waals surface area contributed by atoms with Gasteiger partial charge in [-0.3, -0.25) is 4.79 Å². The molecule has 1 heterocycles. The van der Waals surface area contributed by atoms with Crippen molar-refractivity contribution in [1.29, 1.82) is 0 Å². The first-order valence-electron chi connectivity index (χ1n) is 6.04. The van der Waals surface area contributed by atoms with Crippen molar-refractivity contribution in [2.24, 2.45) is 0 Å². The van der Waals surface area contributed by atoms with Crippen LogP contribution in [-0.4, -0.2) is 31.0 Å². The minimum atomic E-state index is -5.41. The van der Waals surface area contributed by atoms with Crippen LogP contribution >= 0.6 is 0 Å². The summed E-state index contributed by atoms with van der Waals surface area (Å²) in [5, 5.41) is 0. The minimum Gasteiger partial charge on any atom is -0.478 e. The molecule has 1 rings (SSSR count). The van der Waals surface area contributed by atoms with Crippen LogP contribution in [0.4, 0.5) is 26.3 Å². The molecule has 23 heavy (non-hydrogen) atoms. The van der Waals surface area contributed by atoms with Crippen molar-refractivity contribution in [3.05, 3.63) is 17.3 Å². The molecule has 0 fully saturated rings. The second-order valence-electron chi connectivity index (χ2n) is 4.02. The van der Waals surface area contributed by atoms with Crippen molar-refractivity contribution < 1.29 is 45.3 Å². The fourth-order valence-corrected chi connectivity index (χ4v) is 1.68. The first kappa shape index (κ1) is 18.8. The Morgan fingerprint density at radius 3 is 2.26 bits per heavy atom. The maximum absolute atomic E-state index is 13.2. The molecule has 0 spiro atoms. The topological polar surface area (TPSA) is 57.7 Å². The largest absolute Gasteiger partial charge is 0.573 e. The maximum Gasteiger partial charge on any atom is 0.573 e. The highest BCUT2D eigenvalue weighted by atomic mass is 19.4. The average molecular weight is 347 g/mol. The molecule has 0 aromatic carbocycles. The van der Waals surface area contributed by atoms with Gasteiger partial charge in [-0.2, -0.15) is 13.2 Å². The van der Waals surface area contributed by atoms with E-state index in [1.165, 1.54) is 6.92 Å². The van der Waals surface area contributed by atoms with Crippen LogP contribution in [-0.2, 0) is 22.1 Å². The van der Waals surface area contributed by atoms with Crippen LogP contribution in [0, 0.1) is 0 Å². The quantitative estimate of drug-likeness (QED) is 0.605. The highest BCUT2D eigenvalue weighted by molar-refractivity contribution is 5.73. The minimum absolute atomic E-state index is 0.102. The average Bonchev–Trinajstić information content (AvgIpc) is 2.35. The summed E-state index contributed by atoms with van der Waals surface area (Å²) >= 11 is 0. The Labute approximate surface area is 126 Å². The molecule has 0 bridgehead atoms. The number of alkyl halides is 6. The van der Waals surface area contributed by atoms with Crippen LogP contribution in [0.3, 0.4) is 0 Å². The second-order valence-corrected chi connectivity index (χ2v) is 4.02. The van der Waals surface area contributed by atoms with E-state index in [1.807, 2.05) is 0 Å². The van der Waals surface area contributed by atoms with Gasteiger partial charge in [0, 0.05) is 6.20 Å². The standard InChI is InChI=1S/C12H11F6NO4/c1-3-22-7(20)4-6-5-19-10(21-2)9(23-12(16,17)18)8(6)11(13,14)15/h5H,3-4H2,1-2H3. The Morgan fingerprint density at radius 1 is 1.22 bits per heavy atom. The van der Waals surface area contributed by atoms with Crippen molar-refractivity contribution >= 4 is 5.97 Å². The molecule has 0 saturated heterocycles. The predicted molar refractivity (Wildman–Crippen MR) is 62.8 cm³/mol. The summed E-state index contributed by atoms with van der Waals surface area (Å²) in [5.41, 5.74) is -2.62. The van der Waals surface area contributed by atoms with Crippen molar-refractivity contribution in [3.63, 3.8) is 0 Å². The Bertz CT molecular complexity index is 570. The summed E-state index contributed by atoms with van der Waals surface area (Å²) in [4.78, 5) is 14.6. The summed E-state index contributed by atoms with van der Waals surface area (Å²) in [6.07, 6.45) is -11.0. The Kier molecular flexibility index (Phi) is 5.67. The number of ether oxygens (including phenoxy) is 3. The van der Waals surface area contributed by atoms with Gasteiger partial charge in [-0.1, -0.05) is 0 Å². The number of aromatic nitrogens is 1. The molecule has 0 saturated carbocycles. The number of esters is 1. The summed E-state index contributed by atoms with van der Waals surface area (Å²) < 4.78 is 88.9. The highest BCUT2D eigenvalue weighted by Crippen LogP contribution is 2.44. The first-order valence-corrected chi connectivity index (χ1v) is 6.04. The first-order chi connectivity index (χ1) is 10.5. The highest BCUT2D eigenvalue weighted by Gasteiger charge is 2.44. The van der Waals surface area contributed by atoms with Crippen LogP contribution in [0.15, 0.2) is 6.20 Å². The van der Waals surface area contributed by atoms with E-state index in [0.717, 1.165) is 7.11 Å². The van der Waals surface area contributed by atoms with Gasteiger partial charge in [-0.05, 0) is 12.5 Å². The van der Waals surface area contributed by atoms with E-state index in [4.69, 9.17) is 0 Å². The molecule has 0 aliphatic heterocycles. The molecule has 1 aromatic heterocycles. The van der Waals surface area contributed by atoms with Crippen molar-refractivity contribution in [3.8, 4) is 11.6 Å². The van der Waals surface area contributed by atoms with Crippen LogP contribution in [0.25, 0.3) is 0 Å². The lowest BCUT2D eigenvalue weighted by Gasteiger charge is -2.19. The van der Waals surface area contributed by atoms with E-state index >= 15 is 0 Å². The van der Waals surface area contributed by atoms with Gasteiger partial charge in [0.15, 0.2) is 0 Å². The van der Waals surface area contributed by atoms with E-state index in [1.54, 1.807) is 0 Å². The molecular formula is C12H11F6NO4. The third-order valence-corrected chi connectivity index (χ3v) is 2.41. The van der Waals surface area contributed by atoms with E-state index in [9.17, 15) is 31.1 Å². The molecule has 0 aliphatic carbocycles. The molecule has 0 amide bonds. The van der Waals surface area contributed by atoms with E-state index in [2.05, 4.69) is 19.2 Å². The van der Waals surface area contributed by atoms with Crippen LogP contribution < -0.4 is 9.47 Å². The molecular weight excluding hydrogens is 336 g/mol. The van der Waals surface area contributed by atoms with Crippen molar-refractivity contribution in [2.45, 2.75) is 25.9 Å². The van der Waals surface area contributed by atoms with Gasteiger partial charge in [-0.25, -0.2) is 4.98 Å². The van der Waals surface area contributed by atoms with Crippen molar-refractivity contribution in [1.82, 2.24) is 4.98 Å². The summed E-state index contributed by atoms with van der Waals surface area (Å²) in [6.45, 7) is 1.32. The molecule has 0 atom stereocenters. The lowest BCUT2D eigenvalue weighted by atomic mass is 10.1. The van der Waals surface area contributed by atoms with Crippen LogP contribution in [0.5, 0.6) is 11.6 Å². The van der Waals surface area contributed by atoms with E-state index < -0.39 is 47.7 Å².